The third-order valence-electron chi connectivity index (χ3n) is 5.79. The van der Waals surface area contributed by atoms with Crippen molar-refractivity contribution in [3.05, 3.63) is 31.9 Å². The summed E-state index contributed by atoms with van der Waals surface area (Å²) in [5.74, 6) is -0.485. The molecule has 2 saturated heterocycles. The molecule has 0 aliphatic carbocycles. The van der Waals surface area contributed by atoms with Crippen LogP contribution < -0.4 is 10.5 Å². The molecule has 3 heterocycles. The molecule has 0 saturated carbocycles. The van der Waals surface area contributed by atoms with Gasteiger partial charge in [0.15, 0.2) is 0 Å². The van der Waals surface area contributed by atoms with Crippen molar-refractivity contribution in [1.82, 2.24) is 9.47 Å². The van der Waals surface area contributed by atoms with E-state index < -0.39 is 5.97 Å². The number of pyridine rings is 1. The number of thioether (sulfide) groups is 1. The van der Waals surface area contributed by atoms with Crippen LogP contribution in [0.15, 0.2) is 9.70 Å². The van der Waals surface area contributed by atoms with E-state index in [1.807, 2.05) is 6.07 Å². The molecule has 1 aromatic heterocycles. The first kappa shape index (κ1) is 24.0. The third kappa shape index (κ3) is 4.89. The number of carboxylic acid groups (broad SMARTS) is 1. The van der Waals surface area contributed by atoms with Gasteiger partial charge in [0, 0.05) is 38.7 Å². The molecule has 10 heteroatoms. The van der Waals surface area contributed by atoms with Gasteiger partial charge in [-0.15, -0.1) is 0 Å². The summed E-state index contributed by atoms with van der Waals surface area (Å²) in [5.41, 5.74) is 0.944. The summed E-state index contributed by atoms with van der Waals surface area (Å²) in [7, 11) is 1.66. The van der Waals surface area contributed by atoms with Crippen LogP contribution in [0.25, 0.3) is 6.08 Å². The fourth-order valence-electron chi connectivity index (χ4n) is 4.09. The molecule has 8 nitrogen and oxygen atoms in total. The quantitative estimate of drug-likeness (QED) is 0.495. The number of carboxylic acids is 1. The Kier molecular flexibility index (Phi) is 7.74. The Morgan fingerprint density at radius 2 is 1.91 bits per heavy atom. The molecule has 3 rings (SSSR count). The van der Waals surface area contributed by atoms with Crippen LogP contribution in [-0.2, 0) is 16.6 Å². The Morgan fingerprint density at radius 3 is 2.50 bits per heavy atom. The molecule has 0 aromatic carbocycles. The van der Waals surface area contributed by atoms with Gasteiger partial charge in [0.1, 0.15) is 21.8 Å². The largest absolute Gasteiger partial charge is 0.481 e. The zero-order chi connectivity index (χ0) is 23.4. The van der Waals surface area contributed by atoms with Crippen molar-refractivity contribution in [2.24, 2.45) is 7.05 Å². The number of thiocarbonyl (C=S) groups is 1. The predicted octanol–water partition coefficient (Wildman–Crippen LogP) is 3.01. The average molecular weight is 475 g/mol. The number of aromatic nitrogens is 1. The molecule has 2 aliphatic rings. The molecule has 32 heavy (non-hydrogen) atoms. The van der Waals surface area contributed by atoms with Gasteiger partial charge in [-0.25, -0.2) is 0 Å². The molecule has 170 valence electrons. The van der Waals surface area contributed by atoms with E-state index in [-0.39, 0.29) is 30.0 Å². The second-order valence-electron chi connectivity index (χ2n) is 7.95. The van der Waals surface area contributed by atoms with Crippen molar-refractivity contribution >= 4 is 52.1 Å². The smallest absolute Gasteiger partial charge is 0.303 e. The number of nitrogens with zero attached hydrogens (tertiary/aromatic N) is 4. The van der Waals surface area contributed by atoms with Gasteiger partial charge in [0.25, 0.3) is 11.5 Å². The summed E-state index contributed by atoms with van der Waals surface area (Å²) >= 11 is 6.52. The lowest BCUT2D eigenvalue weighted by Crippen LogP contribution is -2.34. The first-order valence-electron chi connectivity index (χ1n) is 10.6. The number of hydrogen-bond acceptors (Lipinski definition) is 7. The van der Waals surface area contributed by atoms with E-state index in [0.717, 1.165) is 50.5 Å². The monoisotopic (exact) mass is 474 g/mol. The zero-order valence-electron chi connectivity index (χ0n) is 18.2. The number of anilines is 1. The van der Waals surface area contributed by atoms with Crippen molar-refractivity contribution in [2.75, 3.05) is 24.5 Å². The molecule has 1 N–H and O–H groups in total. The fourth-order valence-corrected chi connectivity index (χ4v) is 5.38. The van der Waals surface area contributed by atoms with Gasteiger partial charge in [-0.3, -0.25) is 23.9 Å². The number of carbonyl (C=O) groups is 2. The summed E-state index contributed by atoms with van der Waals surface area (Å²) in [6.45, 7) is 3.58. The van der Waals surface area contributed by atoms with Gasteiger partial charge < -0.3 is 10.0 Å². The van der Waals surface area contributed by atoms with Gasteiger partial charge in [0.05, 0.1) is 4.91 Å². The van der Waals surface area contributed by atoms with Gasteiger partial charge >= 0.3 is 5.97 Å². The molecule has 1 aromatic rings. The molecule has 0 radical (unpaired) electrons. The Morgan fingerprint density at radius 1 is 1.25 bits per heavy atom. The maximum absolute atomic E-state index is 13.0. The van der Waals surface area contributed by atoms with Crippen LogP contribution in [0.4, 0.5) is 5.82 Å². The summed E-state index contributed by atoms with van der Waals surface area (Å²) in [6.07, 6.45) is 6.28. The van der Waals surface area contributed by atoms with E-state index in [0.29, 0.717) is 32.6 Å². The van der Waals surface area contributed by atoms with Crippen LogP contribution in [0.3, 0.4) is 0 Å². The standard InChI is InChI=1S/C22H26N4O4S2/c1-14-15(12-17-21(30)26(22(31)32-17)11-7-8-18(27)28)19(24(2)20(29)16(14)13-23)25-9-5-3-4-6-10-25/h12H,3-11H2,1-2H3,(H,27,28). The predicted molar refractivity (Wildman–Crippen MR) is 129 cm³/mol. The van der Waals surface area contributed by atoms with E-state index in [1.165, 1.54) is 9.47 Å². The van der Waals surface area contributed by atoms with Crippen molar-refractivity contribution in [3.8, 4) is 6.07 Å². The van der Waals surface area contributed by atoms with Crippen molar-refractivity contribution in [1.29, 1.82) is 5.26 Å². The molecule has 0 atom stereocenters. The minimum Gasteiger partial charge on any atom is -0.481 e. The van der Waals surface area contributed by atoms with Crippen LogP contribution in [0.5, 0.6) is 0 Å². The fraction of sp³-hybridized carbons (Fsp3) is 0.500. The van der Waals surface area contributed by atoms with Crippen molar-refractivity contribution in [2.45, 2.75) is 45.4 Å². The Labute approximate surface area is 196 Å². The lowest BCUT2D eigenvalue weighted by molar-refractivity contribution is -0.137. The average Bonchev–Trinajstić information content (AvgIpc) is 2.93. The summed E-state index contributed by atoms with van der Waals surface area (Å²) in [5, 5.41) is 18.4. The zero-order valence-corrected chi connectivity index (χ0v) is 19.9. The molecule has 1 amide bonds. The summed E-state index contributed by atoms with van der Waals surface area (Å²) < 4.78 is 1.89. The first-order valence-corrected chi connectivity index (χ1v) is 11.8. The van der Waals surface area contributed by atoms with E-state index in [9.17, 15) is 19.6 Å². The molecule has 2 fully saturated rings. The van der Waals surface area contributed by atoms with Crippen molar-refractivity contribution in [3.63, 3.8) is 0 Å². The molecule has 2 aliphatic heterocycles. The summed E-state index contributed by atoms with van der Waals surface area (Å²) in [6, 6.07) is 2.01. The SMILES string of the molecule is Cc1c(C=C2SC(=S)N(CCCC(=O)O)C2=O)c(N2CCCCCC2)n(C)c(=O)c1C#N. The molecule has 0 bridgehead atoms. The number of amides is 1. The van der Waals surface area contributed by atoms with Gasteiger partial charge in [-0.2, -0.15) is 5.26 Å². The number of carbonyl (C=O) groups excluding carboxylic acids is 1. The maximum atomic E-state index is 13.0. The van der Waals surface area contributed by atoms with E-state index in [4.69, 9.17) is 17.3 Å². The second-order valence-corrected chi connectivity index (χ2v) is 9.62. The molecular formula is C22H26N4O4S2. The highest BCUT2D eigenvalue weighted by atomic mass is 32.2. The van der Waals surface area contributed by atoms with Crippen LogP contribution in [0.2, 0.25) is 0 Å². The lowest BCUT2D eigenvalue weighted by Gasteiger charge is -2.28. The summed E-state index contributed by atoms with van der Waals surface area (Å²) in [4.78, 5) is 40.7. The maximum Gasteiger partial charge on any atom is 0.303 e. The minimum atomic E-state index is -0.919. The lowest BCUT2D eigenvalue weighted by atomic mass is 10.0. The molecule has 0 unspecified atom stereocenters. The highest BCUT2D eigenvalue weighted by Gasteiger charge is 2.33. The number of hydrogen-bond donors (Lipinski definition) is 1. The number of rotatable bonds is 6. The number of aliphatic carboxylic acids is 1. The highest BCUT2D eigenvalue weighted by molar-refractivity contribution is 8.26. The van der Waals surface area contributed by atoms with Gasteiger partial charge in [0.2, 0.25) is 0 Å². The van der Waals surface area contributed by atoms with E-state index in [1.54, 1.807) is 20.0 Å². The van der Waals surface area contributed by atoms with Crippen LogP contribution in [-0.4, -0.2) is 50.4 Å². The third-order valence-corrected chi connectivity index (χ3v) is 7.17. The van der Waals surface area contributed by atoms with Gasteiger partial charge in [-0.1, -0.05) is 36.8 Å². The van der Waals surface area contributed by atoms with Gasteiger partial charge in [-0.05, 0) is 37.8 Å². The molecule has 0 spiro atoms. The van der Waals surface area contributed by atoms with E-state index >= 15 is 0 Å². The van der Waals surface area contributed by atoms with Crippen LogP contribution in [0, 0.1) is 18.3 Å². The van der Waals surface area contributed by atoms with Crippen LogP contribution in [0.1, 0.15) is 55.2 Å². The minimum absolute atomic E-state index is 0.0410. The van der Waals surface area contributed by atoms with Crippen LogP contribution >= 0.6 is 24.0 Å². The molecular weight excluding hydrogens is 448 g/mol. The normalized spacial score (nSPS) is 18.2. The Balaban J connectivity index is 2.05. The van der Waals surface area contributed by atoms with E-state index in [2.05, 4.69) is 4.90 Å². The first-order chi connectivity index (χ1) is 15.3. The van der Waals surface area contributed by atoms with Crippen molar-refractivity contribution < 1.29 is 14.7 Å². The second kappa shape index (κ2) is 10.3. The number of nitriles is 1. The Hall–Kier alpha value is -2.64. The topological polar surface area (TPSA) is 107 Å². The Bertz CT molecular complexity index is 1080. The highest BCUT2D eigenvalue weighted by Crippen LogP contribution is 2.36.